The lowest BCUT2D eigenvalue weighted by atomic mass is 10.1. The third-order valence-electron chi connectivity index (χ3n) is 5.76. The molecule has 0 saturated carbocycles. The molecule has 1 amide bonds. The van der Waals surface area contributed by atoms with E-state index in [1.54, 1.807) is 4.57 Å². The Kier molecular flexibility index (Phi) is 5.01. The minimum absolute atomic E-state index is 0.0644. The summed E-state index contributed by atoms with van der Waals surface area (Å²) >= 11 is 1.06. The SMILES string of the molecule is CCN1C(=O)c2c(O)c(=O)c(-c3nnc(Cc4ccc(F)cc4F)s3)cn2[C@H]2CCO[C@H]21. The molecule has 0 radical (unpaired) electrons. The molecule has 1 saturated heterocycles. The Morgan fingerprint density at radius 1 is 1.28 bits per heavy atom. The van der Waals surface area contributed by atoms with Crippen LogP contribution in [0, 0.1) is 11.6 Å². The first-order valence-electron chi connectivity index (χ1n) is 10.1. The maximum atomic E-state index is 14.0. The van der Waals surface area contributed by atoms with Crippen LogP contribution < -0.4 is 5.43 Å². The molecule has 3 aromatic rings. The summed E-state index contributed by atoms with van der Waals surface area (Å²) in [6.45, 7) is 2.64. The summed E-state index contributed by atoms with van der Waals surface area (Å²) in [5.41, 5.74) is -0.451. The molecule has 2 aliphatic rings. The Hall–Kier alpha value is -3.18. The van der Waals surface area contributed by atoms with E-state index >= 15 is 0 Å². The fourth-order valence-electron chi connectivity index (χ4n) is 4.22. The Morgan fingerprint density at radius 2 is 2.09 bits per heavy atom. The van der Waals surface area contributed by atoms with Crippen LogP contribution in [0.15, 0.2) is 29.2 Å². The van der Waals surface area contributed by atoms with Crippen molar-refractivity contribution in [2.24, 2.45) is 0 Å². The van der Waals surface area contributed by atoms with Gasteiger partial charge in [0.1, 0.15) is 16.6 Å². The lowest BCUT2D eigenvalue weighted by Gasteiger charge is -2.38. The number of carbonyl (C=O) groups is 1. The number of nitrogens with zero attached hydrogens (tertiary/aromatic N) is 4. The number of ether oxygens (including phenoxy) is 1. The summed E-state index contributed by atoms with van der Waals surface area (Å²) in [7, 11) is 0. The van der Waals surface area contributed by atoms with Crippen molar-refractivity contribution in [3.05, 3.63) is 62.5 Å². The van der Waals surface area contributed by atoms with Crippen LogP contribution in [-0.2, 0) is 11.2 Å². The quantitative estimate of drug-likeness (QED) is 0.643. The van der Waals surface area contributed by atoms with Gasteiger partial charge in [0.2, 0.25) is 5.43 Å². The molecular formula is C21H18F2N4O4S. The highest BCUT2D eigenvalue weighted by Gasteiger charge is 2.44. The van der Waals surface area contributed by atoms with Crippen LogP contribution in [0.25, 0.3) is 10.6 Å². The van der Waals surface area contributed by atoms with E-state index in [1.165, 1.54) is 17.2 Å². The number of halogens is 2. The van der Waals surface area contributed by atoms with E-state index in [9.17, 15) is 23.5 Å². The van der Waals surface area contributed by atoms with E-state index < -0.39 is 34.9 Å². The molecule has 0 spiro atoms. The van der Waals surface area contributed by atoms with Gasteiger partial charge in [-0.1, -0.05) is 17.4 Å². The molecule has 2 aromatic heterocycles. The average molecular weight is 460 g/mol. The number of likely N-dealkylation sites (N-methyl/N-ethyl adjacent to an activating group) is 1. The molecule has 166 valence electrons. The summed E-state index contributed by atoms with van der Waals surface area (Å²) < 4.78 is 34.4. The van der Waals surface area contributed by atoms with Gasteiger partial charge in [0.25, 0.3) is 5.91 Å². The van der Waals surface area contributed by atoms with E-state index in [2.05, 4.69) is 10.2 Å². The van der Waals surface area contributed by atoms with E-state index in [0.717, 1.165) is 23.5 Å². The van der Waals surface area contributed by atoms with Gasteiger partial charge < -0.3 is 19.3 Å². The summed E-state index contributed by atoms with van der Waals surface area (Å²) in [5.74, 6) is -2.48. The number of hydrogen-bond donors (Lipinski definition) is 1. The van der Waals surface area contributed by atoms with Gasteiger partial charge in [0, 0.05) is 25.2 Å². The number of fused-ring (bicyclic) bond motifs is 3. The fraction of sp³-hybridized carbons (Fsp3) is 0.333. The Labute approximate surface area is 184 Å². The highest BCUT2D eigenvalue weighted by atomic mass is 32.1. The van der Waals surface area contributed by atoms with Gasteiger partial charge >= 0.3 is 0 Å². The molecule has 4 heterocycles. The van der Waals surface area contributed by atoms with Gasteiger partial charge in [-0.25, -0.2) is 8.78 Å². The van der Waals surface area contributed by atoms with Crippen LogP contribution in [0.2, 0.25) is 0 Å². The van der Waals surface area contributed by atoms with Gasteiger partial charge in [-0.15, -0.1) is 10.2 Å². The normalized spacial score (nSPS) is 19.8. The number of aromatic hydroxyl groups is 1. The predicted octanol–water partition coefficient (Wildman–Crippen LogP) is 2.70. The summed E-state index contributed by atoms with van der Waals surface area (Å²) in [4.78, 5) is 27.3. The maximum Gasteiger partial charge on any atom is 0.276 e. The molecule has 11 heteroatoms. The molecular weight excluding hydrogens is 442 g/mol. The van der Waals surface area contributed by atoms with Crippen LogP contribution >= 0.6 is 11.3 Å². The summed E-state index contributed by atoms with van der Waals surface area (Å²) in [6, 6.07) is 3.04. The second kappa shape index (κ2) is 7.75. The highest BCUT2D eigenvalue weighted by molar-refractivity contribution is 7.14. The molecule has 8 nitrogen and oxygen atoms in total. The first kappa shape index (κ1) is 20.7. The number of hydrogen-bond acceptors (Lipinski definition) is 7. The van der Waals surface area contributed by atoms with Crippen molar-refractivity contribution in [2.45, 2.75) is 32.0 Å². The zero-order valence-corrected chi connectivity index (χ0v) is 17.7. The van der Waals surface area contributed by atoms with Crippen LogP contribution in [-0.4, -0.2) is 50.1 Å². The lowest BCUT2D eigenvalue weighted by molar-refractivity contribution is -0.0328. The average Bonchev–Trinajstić information content (AvgIpc) is 3.42. The molecule has 0 unspecified atom stereocenters. The monoisotopic (exact) mass is 460 g/mol. The number of pyridine rings is 1. The van der Waals surface area contributed by atoms with E-state index in [-0.39, 0.29) is 34.3 Å². The molecule has 2 aliphatic heterocycles. The second-order valence-corrected chi connectivity index (χ2v) is 8.66. The molecule has 1 N–H and O–H groups in total. The number of aromatic nitrogens is 3. The molecule has 1 fully saturated rings. The third kappa shape index (κ3) is 3.19. The Bertz CT molecular complexity index is 1290. The van der Waals surface area contributed by atoms with E-state index in [0.29, 0.717) is 24.6 Å². The van der Waals surface area contributed by atoms with Crippen LogP contribution in [0.4, 0.5) is 8.78 Å². The molecule has 0 aliphatic carbocycles. The van der Waals surface area contributed by atoms with Crippen LogP contribution in [0.5, 0.6) is 5.75 Å². The first-order chi connectivity index (χ1) is 15.4. The van der Waals surface area contributed by atoms with Crippen molar-refractivity contribution < 1.29 is 23.4 Å². The number of carbonyl (C=O) groups excluding carboxylic acids is 1. The molecule has 5 rings (SSSR count). The van der Waals surface area contributed by atoms with E-state index in [4.69, 9.17) is 4.74 Å². The topological polar surface area (TPSA) is 97.5 Å². The zero-order valence-electron chi connectivity index (χ0n) is 16.9. The van der Waals surface area contributed by atoms with Gasteiger partial charge in [-0.2, -0.15) is 0 Å². The van der Waals surface area contributed by atoms with E-state index in [1.807, 2.05) is 6.92 Å². The smallest absolute Gasteiger partial charge is 0.276 e. The van der Waals surface area contributed by atoms with Crippen LogP contribution in [0.1, 0.15) is 40.4 Å². The number of benzene rings is 1. The maximum absolute atomic E-state index is 14.0. The van der Waals surface area contributed by atoms with Crippen molar-refractivity contribution in [1.29, 1.82) is 0 Å². The van der Waals surface area contributed by atoms with Gasteiger partial charge in [0.15, 0.2) is 22.7 Å². The summed E-state index contributed by atoms with van der Waals surface area (Å²) in [5, 5.41) is 19.4. The van der Waals surface area contributed by atoms with Gasteiger partial charge in [-0.3, -0.25) is 9.59 Å². The highest BCUT2D eigenvalue weighted by Crippen LogP contribution is 2.38. The van der Waals surface area contributed by atoms with Gasteiger partial charge in [-0.05, 0) is 25.0 Å². The molecule has 0 bridgehead atoms. The van der Waals surface area contributed by atoms with Gasteiger partial charge in [0.05, 0.1) is 18.2 Å². The lowest BCUT2D eigenvalue weighted by Crippen LogP contribution is -2.50. The molecule has 2 atom stereocenters. The number of rotatable bonds is 4. The Morgan fingerprint density at radius 3 is 2.84 bits per heavy atom. The minimum atomic E-state index is -0.728. The van der Waals surface area contributed by atoms with Crippen LogP contribution in [0.3, 0.4) is 0 Å². The summed E-state index contributed by atoms with van der Waals surface area (Å²) in [6.07, 6.45) is 1.73. The minimum Gasteiger partial charge on any atom is -0.503 e. The predicted molar refractivity (Wildman–Crippen MR) is 111 cm³/mol. The fourth-order valence-corrected chi connectivity index (χ4v) is 5.09. The van der Waals surface area contributed by atoms with Crippen molar-refractivity contribution in [1.82, 2.24) is 19.7 Å². The molecule has 32 heavy (non-hydrogen) atoms. The largest absolute Gasteiger partial charge is 0.503 e. The Balaban J connectivity index is 1.55. The standard InChI is InChI=1S/C21H18F2N4O4S/c1-2-26-20(30)16-18(29)17(28)12(9-27(16)14-5-6-31-21(14)26)19-25-24-15(32-19)7-10-3-4-11(22)8-13(10)23/h3-4,8-9,14,21,29H,2,5-7H2,1H3/t14-,21+/m0/s1. The number of amides is 1. The van der Waals surface area contributed by atoms with Crippen molar-refractivity contribution in [3.8, 4) is 16.3 Å². The first-order valence-corrected chi connectivity index (χ1v) is 10.9. The third-order valence-corrected chi connectivity index (χ3v) is 6.72. The van der Waals surface area contributed by atoms with Crippen molar-refractivity contribution in [3.63, 3.8) is 0 Å². The molecule has 1 aromatic carbocycles. The zero-order chi connectivity index (χ0) is 22.6. The van der Waals surface area contributed by atoms with Crippen molar-refractivity contribution in [2.75, 3.05) is 13.2 Å². The van der Waals surface area contributed by atoms with Crippen molar-refractivity contribution >= 4 is 17.2 Å². The second-order valence-electron chi connectivity index (χ2n) is 7.60.